The Morgan fingerprint density at radius 1 is 1.12 bits per heavy atom. The van der Waals surface area contributed by atoms with E-state index in [9.17, 15) is 14.7 Å². The summed E-state index contributed by atoms with van der Waals surface area (Å²) in [4.78, 5) is 25.2. The molecule has 0 aliphatic carbocycles. The molecule has 1 amide bonds. The summed E-state index contributed by atoms with van der Waals surface area (Å²) in [5.74, 6) is -1.02. The fourth-order valence-electron chi connectivity index (χ4n) is 2.70. The summed E-state index contributed by atoms with van der Waals surface area (Å²) in [6.07, 6.45) is 1.10. The second kappa shape index (κ2) is 6.45. The molecule has 6 nitrogen and oxygen atoms in total. The number of carbonyl (C=O) groups is 2. The van der Waals surface area contributed by atoms with Crippen LogP contribution in [-0.2, 0) is 21.7 Å². The monoisotopic (exact) mass is 344 g/mol. The maximum atomic E-state index is 12.1. The van der Waals surface area contributed by atoms with Gasteiger partial charge in [-0.3, -0.25) is 0 Å². The van der Waals surface area contributed by atoms with E-state index in [1.165, 1.54) is 9.47 Å². The standard InChI is InChI=1S/C17H16N2O4S/c20-15(21)17(19-9-5-4-8-14(19)24)11-18(12-17)16(22)23-10-13-6-2-1-3-7-13/h1-9H,10-12H2,(H,20,21). The fraction of sp³-hybridized carbons (Fsp3) is 0.235. The Hall–Kier alpha value is -2.67. The lowest BCUT2D eigenvalue weighted by atomic mass is 9.89. The third-order valence-corrected chi connectivity index (χ3v) is 4.38. The highest BCUT2D eigenvalue weighted by molar-refractivity contribution is 7.71. The molecule has 1 aliphatic rings. The number of aromatic nitrogens is 1. The molecule has 1 fully saturated rings. The van der Waals surface area contributed by atoms with Gasteiger partial charge in [-0.1, -0.05) is 48.6 Å². The number of carbonyl (C=O) groups excluding carboxylic acids is 1. The van der Waals surface area contributed by atoms with E-state index in [1.54, 1.807) is 24.4 Å². The molecule has 0 saturated carbocycles. The van der Waals surface area contributed by atoms with E-state index in [4.69, 9.17) is 17.0 Å². The lowest BCUT2D eigenvalue weighted by molar-refractivity contribution is -0.156. The van der Waals surface area contributed by atoms with Gasteiger partial charge in [0.2, 0.25) is 0 Å². The Morgan fingerprint density at radius 3 is 2.42 bits per heavy atom. The van der Waals surface area contributed by atoms with E-state index in [0.29, 0.717) is 4.64 Å². The first kappa shape index (κ1) is 16.2. The normalized spacial score (nSPS) is 15.4. The Bertz CT molecular complexity index is 813. The van der Waals surface area contributed by atoms with E-state index in [2.05, 4.69) is 0 Å². The maximum absolute atomic E-state index is 12.1. The molecule has 1 aromatic carbocycles. The predicted octanol–water partition coefficient (Wildman–Crippen LogP) is 2.65. The van der Waals surface area contributed by atoms with Crippen LogP contribution >= 0.6 is 12.2 Å². The molecule has 3 rings (SSSR count). The van der Waals surface area contributed by atoms with Crippen molar-refractivity contribution in [2.24, 2.45) is 0 Å². The zero-order chi connectivity index (χ0) is 17.2. The number of ether oxygens (including phenoxy) is 1. The highest BCUT2D eigenvalue weighted by Gasteiger charge is 2.53. The molecule has 1 aliphatic heterocycles. The molecule has 1 N–H and O–H groups in total. The molecule has 0 bridgehead atoms. The Kier molecular flexibility index (Phi) is 4.35. The van der Waals surface area contributed by atoms with Gasteiger partial charge in [-0.15, -0.1) is 0 Å². The number of aliphatic carboxylic acids is 1. The Balaban J connectivity index is 1.67. The SMILES string of the molecule is O=C(OCc1ccccc1)N1CC(C(=O)O)(n2ccccc2=S)C1. The van der Waals surface area contributed by atoms with Crippen LogP contribution in [0.5, 0.6) is 0 Å². The summed E-state index contributed by atoms with van der Waals surface area (Å²) >= 11 is 5.20. The van der Waals surface area contributed by atoms with Crippen LogP contribution in [0, 0.1) is 4.64 Å². The van der Waals surface area contributed by atoms with Gasteiger partial charge in [-0.25, -0.2) is 9.59 Å². The van der Waals surface area contributed by atoms with Gasteiger partial charge in [0.15, 0.2) is 5.54 Å². The molecule has 7 heteroatoms. The average Bonchev–Trinajstić information content (AvgIpc) is 2.54. The Labute approximate surface area is 143 Å². The van der Waals surface area contributed by atoms with Crippen LogP contribution in [0.4, 0.5) is 4.79 Å². The number of rotatable bonds is 4. The molecule has 24 heavy (non-hydrogen) atoms. The minimum absolute atomic E-state index is 0.0221. The van der Waals surface area contributed by atoms with Gasteiger partial charge in [0.1, 0.15) is 11.2 Å². The summed E-state index contributed by atoms with van der Waals surface area (Å²) in [5, 5.41) is 9.62. The van der Waals surface area contributed by atoms with Crippen molar-refractivity contribution in [2.45, 2.75) is 12.1 Å². The van der Waals surface area contributed by atoms with E-state index in [0.717, 1.165) is 5.56 Å². The largest absolute Gasteiger partial charge is 0.479 e. The molecular formula is C17H16N2O4S. The molecule has 1 saturated heterocycles. The van der Waals surface area contributed by atoms with Crippen molar-refractivity contribution in [3.63, 3.8) is 0 Å². The molecule has 0 spiro atoms. The molecular weight excluding hydrogens is 328 g/mol. The van der Waals surface area contributed by atoms with Crippen molar-refractivity contribution in [1.82, 2.24) is 9.47 Å². The minimum atomic E-state index is -1.23. The number of likely N-dealkylation sites (tertiary alicyclic amines) is 1. The van der Waals surface area contributed by atoms with E-state index < -0.39 is 17.6 Å². The number of benzene rings is 1. The van der Waals surface area contributed by atoms with Gasteiger partial charge in [0.05, 0.1) is 13.1 Å². The van der Waals surface area contributed by atoms with Gasteiger partial charge >= 0.3 is 12.1 Å². The van der Waals surface area contributed by atoms with Gasteiger partial charge in [0, 0.05) is 6.20 Å². The topological polar surface area (TPSA) is 71.8 Å². The van der Waals surface area contributed by atoms with Crippen molar-refractivity contribution < 1.29 is 19.4 Å². The molecule has 0 atom stereocenters. The van der Waals surface area contributed by atoms with E-state index in [-0.39, 0.29) is 19.7 Å². The molecule has 0 unspecified atom stereocenters. The van der Waals surface area contributed by atoms with Crippen LogP contribution in [-0.4, -0.2) is 39.7 Å². The van der Waals surface area contributed by atoms with E-state index in [1.807, 2.05) is 30.3 Å². The van der Waals surface area contributed by atoms with Crippen LogP contribution in [0.25, 0.3) is 0 Å². The molecule has 2 aromatic rings. The number of carboxylic acids is 1. The molecule has 0 radical (unpaired) electrons. The first-order valence-corrected chi connectivity index (χ1v) is 7.81. The number of pyridine rings is 1. The first-order chi connectivity index (χ1) is 11.5. The minimum Gasteiger partial charge on any atom is -0.479 e. The lowest BCUT2D eigenvalue weighted by Gasteiger charge is -2.47. The van der Waals surface area contributed by atoms with Crippen molar-refractivity contribution in [3.8, 4) is 0 Å². The van der Waals surface area contributed by atoms with Gasteiger partial charge in [-0.2, -0.15) is 0 Å². The summed E-state index contributed by atoms with van der Waals surface area (Å²) in [7, 11) is 0. The number of hydrogen-bond donors (Lipinski definition) is 1. The maximum Gasteiger partial charge on any atom is 0.410 e. The molecule has 2 heterocycles. The van der Waals surface area contributed by atoms with Crippen molar-refractivity contribution in [1.29, 1.82) is 0 Å². The summed E-state index contributed by atoms with van der Waals surface area (Å²) in [5.41, 5.74) is -0.356. The van der Waals surface area contributed by atoms with Gasteiger partial charge in [-0.05, 0) is 17.7 Å². The molecule has 124 valence electrons. The van der Waals surface area contributed by atoms with Crippen molar-refractivity contribution in [3.05, 3.63) is 64.9 Å². The first-order valence-electron chi connectivity index (χ1n) is 7.40. The van der Waals surface area contributed by atoms with Crippen molar-refractivity contribution >= 4 is 24.3 Å². The number of nitrogens with zero attached hydrogens (tertiary/aromatic N) is 2. The third-order valence-electron chi connectivity index (χ3n) is 4.05. The highest BCUT2D eigenvalue weighted by atomic mass is 32.1. The fourth-order valence-corrected chi connectivity index (χ4v) is 3.01. The number of hydrogen-bond acceptors (Lipinski definition) is 4. The summed E-state index contributed by atoms with van der Waals surface area (Å²) < 4.78 is 7.16. The van der Waals surface area contributed by atoms with Crippen LogP contribution in [0.3, 0.4) is 0 Å². The highest BCUT2D eigenvalue weighted by Crippen LogP contribution is 2.30. The second-order valence-electron chi connectivity index (χ2n) is 5.64. The average molecular weight is 344 g/mol. The van der Waals surface area contributed by atoms with Crippen LogP contribution in [0.15, 0.2) is 54.7 Å². The Morgan fingerprint density at radius 2 is 1.79 bits per heavy atom. The predicted molar refractivity (Wildman–Crippen MR) is 89.1 cm³/mol. The van der Waals surface area contributed by atoms with Gasteiger partial charge in [0.25, 0.3) is 0 Å². The summed E-state index contributed by atoms with van der Waals surface area (Å²) in [6.45, 7) is 0.198. The number of amides is 1. The lowest BCUT2D eigenvalue weighted by Crippen LogP contribution is -2.68. The van der Waals surface area contributed by atoms with Crippen molar-refractivity contribution in [2.75, 3.05) is 13.1 Å². The molecule has 1 aromatic heterocycles. The third kappa shape index (κ3) is 2.90. The zero-order valence-electron chi connectivity index (χ0n) is 12.8. The van der Waals surface area contributed by atoms with Gasteiger partial charge < -0.3 is 19.3 Å². The number of carboxylic acid groups (broad SMARTS) is 1. The van der Waals surface area contributed by atoms with Crippen LogP contribution < -0.4 is 0 Å². The van der Waals surface area contributed by atoms with Crippen LogP contribution in [0.2, 0.25) is 0 Å². The van der Waals surface area contributed by atoms with Crippen LogP contribution in [0.1, 0.15) is 5.56 Å². The summed E-state index contributed by atoms with van der Waals surface area (Å²) in [6, 6.07) is 14.4. The van der Waals surface area contributed by atoms with E-state index >= 15 is 0 Å². The quantitative estimate of drug-likeness (QED) is 0.864. The second-order valence-corrected chi connectivity index (χ2v) is 6.06. The smallest absolute Gasteiger partial charge is 0.410 e. The zero-order valence-corrected chi connectivity index (χ0v) is 13.6.